The minimum Gasteiger partial charge on any atom is -0.490 e. The zero-order valence-electron chi connectivity index (χ0n) is 9.68. The van der Waals surface area contributed by atoms with Crippen molar-refractivity contribution in [2.45, 2.75) is 12.6 Å². The fourth-order valence-corrected chi connectivity index (χ4v) is 3.95. The van der Waals surface area contributed by atoms with Gasteiger partial charge in [-0.15, -0.1) is 0 Å². The molecule has 2 aliphatic heterocycles. The molecule has 98 valence electrons. The summed E-state index contributed by atoms with van der Waals surface area (Å²) in [4.78, 5) is 2.47. The van der Waals surface area contributed by atoms with Gasteiger partial charge in [-0.1, -0.05) is 11.6 Å². The molecule has 0 spiro atoms. The predicted octanol–water partition coefficient (Wildman–Crippen LogP) is 2.87. The monoisotopic (exact) mass is 442 g/mol. The lowest BCUT2D eigenvalue weighted by molar-refractivity contribution is 0.120. The molecule has 18 heavy (non-hydrogen) atoms. The van der Waals surface area contributed by atoms with Crippen LogP contribution in [0.1, 0.15) is 5.56 Å². The quantitative estimate of drug-likeness (QED) is 0.493. The van der Waals surface area contributed by atoms with E-state index in [0.29, 0.717) is 6.04 Å². The standard InChI is InChI=1S/C12H13BrClIN2O/c13-10-9(14)3-7-5-17-2-1-16-4-8(17)6-18-12(7)11(10)15/h3,8,16H,1-2,4-6H2/t8-/m1/s1. The number of hydrogen-bond donors (Lipinski definition) is 1. The van der Waals surface area contributed by atoms with Crippen molar-refractivity contribution in [3.63, 3.8) is 0 Å². The number of benzene rings is 1. The largest absolute Gasteiger partial charge is 0.490 e. The topological polar surface area (TPSA) is 24.5 Å². The van der Waals surface area contributed by atoms with E-state index in [2.05, 4.69) is 48.7 Å². The fraction of sp³-hybridized carbons (Fsp3) is 0.500. The molecule has 1 aromatic carbocycles. The van der Waals surface area contributed by atoms with E-state index in [-0.39, 0.29) is 0 Å². The molecule has 0 aliphatic carbocycles. The molecule has 1 atom stereocenters. The highest BCUT2D eigenvalue weighted by Gasteiger charge is 2.28. The van der Waals surface area contributed by atoms with Crippen molar-refractivity contribution in [3.05, 3.63) is 24.7 Å². The summed E-state index contributed by atoms with van der Waals surface area (Å²) in [5.74, 6) is 0.987. The van der Waals surface area contributed by atoms with Gasteiger partial charge in [0.15, 0.2) is 0 Å². The Balaban J connectivity index is 1.99. The first-order valence-electron chi connectivity index (χ1n) is 5.90. The number of rotatable bonds is 0. The fourth-order valence-electron chi connectivity index (χ4n) is 2.47. The van der Waals surface area contributed by atoms with E-state index in [1.165, 1.54) is 5.56 Å². The Bertz CT molecular complexity index is 486. The number of nitrogens with one attached hydrogen (secondary N) is 1. The Morgan fingerprint density at radius 3 is 3.22 bits per heavy atom. The van der Waals surface area contributed by atoms with Crippen LogP contribution in [0.25, 0.3) is 0 Å². The summed E-state index contributed by atoms with van der Waals surface area (Å²) in [6, 6.07) is 2.48. The van der Waals surface area contributed by atoms with E-state index in [1.54, 1.807) is 0 Å². The Morgan fingerprint density at radius 2 is 2.39 bits per heavy atom. The smallest absolute Gasteiger partial charge is 0.138 e. The first-order chi connectivity index (χ1) is 8.66. The van der Waals surface area contributed by atoms with E-state index in [1.807, 2.05) is 6.07 Å². The highest BCUT2D eigenvalue weighted by molar-refractivity contribution is 14.1. The maximum absolute atomic E-state index is 6.24. The second kappa shape index (κ2) is 5.44. The van der Waals surface area contributed by atoms with Gasteiger partial charge in [0.25, 0.3) is 0 Å². The Morgan fingerprint density at radius 1 is 1.56 bits per heavy atom. The van der Waals surface area contributed by atoms with Crippen molar-refractivity contribution in [1.29, 1.82) is 0 Å². The molecule has 3 rings (SSSR count). The summed E-state index contributed by atoms with van der Waals surface area (Å²) < 4.78 is 8.01. The lowest BCUT2D eigenvalue weighted by atomic mass is 10.1. The Labute approximate surface area is 133 Å². The second-order valence-corrected chi connectivity index (χ2v) is 6.89. The van der Waals surface area contributed by atoms with E-state index in [4.69, 9.17) is 16.3 Å². The molecular formula is C12H13BrClIN2O. The summed E-state index contributed by atoms with van der Waals surface area (Å²) in [5.41, 5.74) is 1.19. The summed E-state index contributed by atoms with van der Waals surface area (Å²) in [5, 5.41) is 4.18. The number of halogens is 3. The summed E-state index contributed by atoms with van der Waals surface area (Å²) in [6.07, 6.45) is 0. The minimum absolute atomic E-state index is 0.458. The van der Waals surface area contributed by atoms with Crippen molar-refractivity contribution < 1.29 is 4.74 Å². The molecular weight excluding hydrogens is 430 g/mol. The van der Waals surface area contributed by atoms with Gasteiger partial charge in [0.05, 0.1) is 19.1 Å². The van der Waals surface area contributed by atoms with Gasteiger partial charge < -0.3 is 10.1 Å². The van der Waals surface area contributed by atoms with Crippen LogP contribution in [0.5, 0.6) is 5.75 Å². The molecule has 0 bridgehead atoms. The van der Waals surface area contributed by atoms with Gasteiger partial charge in [-0.25, -0.2) is 0 Å². The van der Waals surface area contributed by atoms with E-state index in [9.17, 15) is 0 Å². The third-order valence-corrected chi connectivity index (χ3v) is 6.58. The normalized spacial score (nSPS) is 23.8. The highest BCUT2D eigenvalue weighted by Crippen LogP contribution is 2.39. The molecule has 2 heterocycles. The Hall–Kier alpha value is 0.440. The van der Waals surface area contributed by atoms with Gasteiger partial charge in [0.1, 0.15) is 12.4 Å². The van der Waals surface area contributed by atoms with Crippen LogP contribution in [0, 0.1) is 3.57 Å². The highest BCUT2D eigenvalue weighted by atomic mass is 127. The third kappa shape index (κ3) is 2.40. The molecule has 0 radical (unpaired) electrons. The van der Waals surface area contributed by atoms with Crippen LogP contribution in [0.3, 0.4) is 0 Å². The average Bonchev–Trinajstić information content (AvgIpc) is 2.55. The van der Waals surface area contributed by atoms with Crippen LogP contribution >= 0.6 is 50.1 Å². The number of ether oxygens (including phenoxy) is 1. The molecule has 0 aromatic heterocycles. The van der Waals surface area contributed by atoms with Gasteiger partial charge in [-0.05, 0) is 44.6 Å². The SMILES string of the molecule is Clc1cc2c(c(I)c1Br)OC[C@H]1CNCCN1C2. The van der Waals surface area contributed by atoms with Crippen molar-refractivity contribution in [2.24, 2.45) is 0 Å². The predicted molar refractivity (Wildman–Crippen MR) is 84.4 cm³/mol. The number of fused-ring (bicyclic) bond motifs is 2. The first-order valence-corrected chi connectivity index (χ1v) is 8.15. The van der Waals surface area contributed by atoms with Gasteiger partial charge in [-0.2, -0.15) is 0 Å². The average molecular weight is 444 g/mol. The lowest BCUT2D eigenvalue weighted by Gasteiger charge is -2.33. The van der Waals surface area contributed by atoms with Gasteiger partial charge in [0.2, 0.25) is 0 Å². The summed E-state index contributed by atoms with van der Waals surface area (Å²) in [6.45, 7) is 4.78. The second-order valence-electron chi connectivity index (χ2n) is 4.61. The van der Waals surface area contributed by atoms with E-state index < -0.39 is 0 Å². The molecule has 1 fully saturated rings. The maximum atomic E-state index is 6.24. The summed E-state index contributed by atoms with van der Waals surface area (Å²) in [7, 11) is 0. The van der Waals surface area contributed by atoms with Crippen LogP contribution < -0.4 is 10.1 Å². The van der Waals surface area contributed by atoms with E-state index >= 15 is 0 Å². The van der Waals surface area contributed by atoms with Crippen LogP contribution in [0.4, 0.5) is 0 Å². The van der Waals surface area contributed by atoms with E-state index in [0.717, 1.165) is 51.6 Å². The molecule has 1 N–H and O–H groups in total. The van der Waals surface area contributed by atoms with Gasteiger partial charge in [0, 0.05) is 31.7 Å². The van der Waals surface area contributed by atoms with Gasteiger partial charge >= 0.3 is 0 Å². The van der Waals surface area contributed by atoms with Crippen LogP contribution in [-0.4, -0.2) is 37.2 Å². The number of nitrogens with zero attached hydrogens (tertiary/aromatic N) is 1. The zero-order valence-corrected chi connectivity index (χ0v) is 14.2. The van der Waals surface area contributed by atoms with Crippen LogP contribution in [0.2, 0.25) is 5.02 Å². The number of hydrogen-bond acceptors (Lipinski definition) is 3. The van der Waals surface area contributed by atoms with Crippen molar-refractivity contribution in [1.82, 2.24) is 10.2 Å². The molecule has 3 nitrogen and oxygen atoms in total. The van der Waals surface area contributed by atoms with Crippen molar-refractivity contribution in [3.8, 4) is 5.75 Å². The molecule has 0 saturated carbocycles. The van der Waals surface area contributed by atoms with Crippen molar-refractivity contribution in [2.75, 3.05) is 26.2 Å². The lowest BCUT2D eigenvalue weighted by Crippen LogP contribution is -2.52. The maximum Gasteiger partial charge on any atom is 0.138 e. The Kier molecular flexibility index (Phi) is 4.06. The van der Waals surface area contributed by atoms with Crippen molar-refractivity contribution >= 4 is 50.1 Å². The minimum atomic E-state index is 0.458. The molecule has 6 heteroatoms. The molecule has 1 aromatic rings. The molecule has 1 saturated heterocycles. The number of piperazine rings is 1. The summed E-state index contributed by atoms with van der Waals surface area (Å²) >= 11 is 12.1. The zero-order chi connectivity index (χ0) is 12.7. The van der Waals surface area contributed by atoms with Gasteiger partial charge in [-0.3, -0.25) is 4.90 Å². The molecule has 2 aliphatic rings. The third-order valence-electron chi connectivity index (χ3n) is 3.46. The molecule has 0 amide bonds. The molecule has 0 unspecified atom stereocenters. The first kappa shape index (κ1) is 13.4. The van der Waals surface area contributed by atoms with Crippen LogP contribution in [0.15, 0.2) is 10.5 Å². The van der Waals surface area contributed by atoms with Crippen LogP contribution in [-0.2, 0) is 6.54 Å².